The topological polar surface area (TPSA) is 175 Å². The van der Waals surface area contributed by atoms with Crippen molar-refractivity contribution >= 4 is 11.9 Å². The van der Waals surface area contributed by atoms with E-state index in [9.17, 15) is 35.1 Å². The summed E-state index contributed by atoms with van der Waals surface area (Å²) in [5.41, 5.74) is 0. The van der Waals surface area contributed by atoms with E-state index in [1.807, 2.05) is 6.08 Å². The predicted octanol–water partition coefficient (Wildman–Crippen LogP) is 14.0. The van der Waals surface area contributed by atoms with Crippen LogP contribution >= 0.6 is 0 Å². The van der Waals surface area contributed by atoms with E-state index in [0.29, 0.717) is 19.3 Å². The van der Waals surface area contributed by atoms with Crippen LogP contribution in [0.4, 0.5) is 0 Å². The minimum atomic E-state index is -1.60. The number of carbonyl (C=O) groups excluding carboxylic acids is 2. The molecule has 0 aromatic rings. The number of ether oxygens (including phenoxy) is 3. The first kappa shape index (κ1) is 67.4. The first-order valence-corrected chi connectivity index (χ1v) is 30.5. The third-order valence-electron chi connectivity index (χ3n) is 14.7. The van der Waals surface area contributed by atoms with Crippen LogP contribution in [0.1, 0.15) is 297 Å². The summed E-state index contributed by atoms with van der Waals surface area (Å²) >= 11 is 0. The van der Waals surface area contributed by atoms with Gasteiger partial charge in [-0.2, -0.15) is 0 Å². The zero-order valence-electron chi connectivity index (χ0n) is 46.4. The molecule has 1 rings (SSSR count). The number of rotatable bonds is 52. The number of allylic oxidation sites excluding steroid dienone is 1. The van der Waals surface area contributed by atoms with Crippen molar-refractivity contribution in [3.8, 4) is 0 Å². The molecular weight excluding hydrogens is 895 g/mol. The largest absolute Gasteiger partial charge is 0.454 e. The molecule has 1 aliphatic heterocycles. The number of aliphatic hydroxyl groups excluding tert-OH is 5. The summed E-state index contributed by atoms with van der Waals surface area (Å²) in [6, 6.07) is -1.01. The van der Waals surface area contributed by atoms with Crippen molar-refractivity contribution in [2.24, 2.45) is 0 Å². The molecule has 0 aromatic carbocycles. The number of aliphatic hydroxyl groups is 5. The Morgan fingerprint density at radius 1 is 0.535 bits per heavy atom. The molecule has 0 radical (unpaired) electrons. The van der Waals surface area contributed by atoms with Crippen molar-refractivity contribution in [1.82, 2.24) is 5.32 Å². The zero-order chi connectivity index (χ0) is 51.8. The normalized spacial score (nSPS) is 19.6. The van der Waals surface area contributed by atoms with Crippen LogP contribution in [0.2, 0.25) is 0 Å². The number of carbonyl (C=O) groups is 2. The van der Waals surface area contributed by atoms with Gasteiger partial charge >= 0.3 is 5.97 Å². The van der Waals surface area contributed by atoms with Gasteiger partial charge < -0.3 is 45.1 Å². The van der Waals surface area contributed by atoms with Crippen LogP contribution in [0, 0.1) is 0 Å². The second-order valence-electron chi connectivity index (χ2n) is 21.5. The molecule has 1 saturated heterocycles. The Labute approximate surface area is 436 Å². The van der Waals surface area contributed by atoms with Crippen LogP contribution in [-0.4, -0.2) is 99.6 Å². The Morgan fingerprint density at radius 2 is 0.915 bits per heavy atom. The van der Waals surface area contributed by atoms with E-state index >= 15 is 0 Å². The molecule has 420 valence electrons. The van der Waals surface area contributed by atoms with Crippen molar-refractivity contribution in [3.05, 3.63) is 12.2 Å². The Bertz CT molecular complexity index is 1210. The summed E-state index contributed by atoms with van der Waals surface area (Å²) in [5.74, 6) is -1.18. The van der Waals surface area contributed by atoms with Crippen LogP contribution < -0.4 is 5.32 Å². The van der Waals surface area contributed by atoms with E-state index in [0.717, 1.165) is 57.8 Å². The summed E-state index contributed by atoms with van der Waals surface area (Å²) in [4.78, 5) is 26.4. The van der Waals surface area contributed by atoms with E-state index in [1.54, 1.807) is 6.08 Å². The summed E-state index contributed by atoms with van der Waals surface area (Å²) < 4.78 is 17.6. The third-order valence-corrected chi connectivity index (χ3v) is 14.7. The molecule has 0 aromatic heterocycles. The van der Waals surface area contributed by atoms with Gasteiger partial charge in [0, 0.05) is 6.42 Å². The molecule has 6 N–H and O–H groups in total. The maximum absolute atomic E-state index is 13.3. The highest BCUT2D eigenvalue weighted by Crippen LogP contribution is 2.26. The molecule has 0 bridgehead atoms. The zero-order valence-corrected chi connectivity index (χ0v) is 46.4. The number of hydrogen-bond donors (Lipinski definition) is 6. The molecule has 11 nitrogen and oxygen atoms in total. The van der Waals surface area contributed by atoms with Crippen molar-refractivity contribution < 1.29 is 49.3 Å². The van der Waals surface area contributed by atoms with Gasteiger partial charge in [0.2, 0.25) is 5.91 Å². The van der Waals surface area contributed by atoms with Crippen LogP contribution in [0.5, 0.6) is 0 Å². The van der Waals surface area contributed by atoms with Gasteiger partial charge in [-0.3, -0.25) is 9.59 Å². The number of amides is 1. The Hall–Kier alpha value is -1.60. The molecule has 1 fully saturated rings. The van der Waals surface area contributed by atoms with E-state index in [-0.39, 0.29) is 13.0 Å². The lowest BCUT2D eigenvalue weighted by molar-refractivity contribution is -0.305. The van der Waals surface area contributed by atoms with Gasteiger partial charge in [-0.05, 0) is 25.7 Å². The van der Waals surface area contributed by atoms with Crippen molar-refractivity contribution in [1.29, 1.82) is 0 Å². The minimum Gasteiger partial charge on any atom is -0.454 e. The van der Waals surface area contributed by atoms with Gasteiger partial charge in [0.1, 0.15) is 24.4 Å². The van der Waals surface area contributed by atoms with E-state index in [2.05, 4.69) is 26.1 Å². The second-order valence-corrected chi connectivity index (χ2v) is 21.5. The fourth-order valence-corrected chi connectivity index (χ4v) is 9.83. The lowest BCUT2D eigenvalue weighted by atomic mass is 9.99. The van der Waals surface area contributed by atoms with Crippen molar-refractivity contribution in [2.45, 2.75) is 346 Å². The SMILES string of the molecule is CCCCCCCCCCC/C=C/C(O)C(COC1OC(CO)C(O)C(O)C1OC(=O)CCCCCCCCCCCCCCCCCCCCCCC)NC(=O)C(O)CCCCCCCCCCCC. The molecule has 0 spiro atoms. The highest BCUT2D eigenvalue weighted by Gasteiger charge is 2.47. The average Bonchev–Trinajstić information content (AvgIpc) is 3.37. The lowest BCUT2D eigenvalue weighted by Crippen LogP contribution is -2.61. The van der Waals surface area contributed by atoms with Crippen LogP contribution in [-0.2, 0) is 23.8 Å². The molecule has 1 aliphatic rings. The Kier molecular flexibility index (Phi) is 46.8. The van der Waals surface area contributed by atoms with E-state index in [4.69, 9.17) is 14.2 Å². The van der Waals surface area contributed by atoms with Gasteiger partial charge in [0.15, 0.2) is 12.4 Å². The number of nitrogens with one attached hydrogen (secondary N) is 1. The maximum atomic E-state index is 13.3. The van der Waals surface area contributed by atoms with Crippen molar-refractivity contribution in [2.75, 3.05) is 13.2 Å². The fourth-order valence-electron chi connectivity index (χ4n) is 9.83. The first-order chi connectivity index (χ1) is 34.7. The van der Waals surface area contributed by atoms with E-state index < -0.39 is 67.4 Å². The van der Waals surface area contributed by atoms with Crippen LogP contribution in [0.3, 0.4) is 0 Å². The minimum absolute atomic E-state index is 0.132. The number of unbranched alkanes of at least 4 members (excludes halogenated alkanes) is 38. The summed E-state index contributed by atoms with van der Waals surface area (Å²) in [5, 5.41) is 56.8. The van der Waals surface area contributed by atoms with Gasteiger partial charge in [-0.25, -0.2) is 0 Å². The molecule has 8 atom stereocenters. The summed E-state index contributed by atoms with van der Waals surface area (Å²) in [6.45, 7) is 5.79. The first-order valence-electron chi connectivity index (χ1n) is 30.5. The van der Waals surface area contributed by atoms with Gasteiger partial charge in [-0.1, -0.05) is 277 Å². The molecular formula is C60H115NO10. The molecule has 1 heterocycles. The summed E-state index contributed by atoms with van der Waals surface area (Å²) in [7, 11) is 0. The van der Waals surface area contributed by atoms with Crippen LogP contribution in [0.15, 0.2) is 12.2 Å². The Morgan fingerprint density at radius 3 is 1.32 bits per heavy atom. The predicted molar refractivity (Wildman–Crippen MR) is 292 cm³/mol. The van der Waals surface area contributed by atoms with Gasteiger partial charge in [-0.15, -0.1) is 0 Å². The monoisotopic (exact) mass is 1010 g/mol. The molecule has 11 heteroatoms. The van der Waals surface area contributed by atoms with Gasteiger partial charge in [0.05, 0.1) is 25.4 Å². The van der Waals surface area contributed by atoms with E-state index in [1.165, 1.54) is 193 Å². The fraction of sp³-hybridized carbons (Fsp3) is 0.933. The van der Waals surface area contributed by atoms with Gasteiger partial charge in [0.25, 0.3) is 0 Å². The highest BCUT2D eigenvalue weighted by atomic mass is 16.7. The molecule has 1 amide bonds. The standard InChI is InChI=1S/C60H115NO10/c1-4-7-10-13-16-19-22-23-24-25-26-27-28-29-30-31-33-36-39-42-45-48-55(65)71-58-57(67)56(66)54(49-62)70-60(58)69-50-51(52(63)46-43-40-37-35-32-20-17-14-11-8-5-2)61-59(68)53(64)47-44-41-38-34-21-18-15-12-9-6-3/h43,46,51-54,56-58,60,62-64,66-67H,4-42,44-45,47-50H2,1-3H3,(H,61,68)/b46-43+. The third kappa shape index (κ3) is 37.7. The Balaban J connectivity index is 2.60. The average molecular weight is 1010 g/mol. The molecule has 8 unspecified atom stereocenters. The molecule has 0 aliphatic carbocycles. The summed E-state index contributed by atoms with van der Waals surface area (Å²) in [6.07, 6.45) is 44.1. The molecule has 0 saturated carbocycles. The number of esters is 1. The highest BCUT2D eigenvalue weighted by molar-refractivity contribution is 5.80. The molecule has 71 heavy (non-hydrogen) atoms. The smallest absolute Gasteiger partial charge is 0.306 e. The quantitative estimate of drug-likeness (QED) is 0.0195. The van der Waals surface area contributed by atoms with Crippen LogP contribution in [0.25, 0.3) is 0 Å². The maximum Gasteiger partial charge on any atom is 0.306 e. The second kappa shape index (κ2) is 49.3. The lowest BCUT2D eigenvalue weighted by Gasteiger charge is -2.41. The van der Waals surface area contributed by atoms with Crippen molar-refractivity contribution in [3.63, 3.8) is 0 Å². The number of hydrogen-bond acceptors (Lipinski definition) is 10.